The molecular weight excluding hydrogens is 374 g/mol. The second-order valence-corrected chi connectivity index (χ2v) is 6.74. The standard InChI is InChI=1S/C16H23N5O5S/c1-5-7-21-12-13(19(3)16(25)20(4)14(12)24)18-15(21)27-9-10(22)17-8-11(23)26-6-2/h5-9H2,1-4H3,(H,17,22). The van der Waals surface area contributed by atoms with Crippen LogP contribution in [0.25, 0.3) is 11.2 Å². The summed E-state index contributed by atoms with van der Waals surface area (Å²) < 4.78 is 8.82. The second kappa shape index (κ2) is 8.89. The molecular formula is C16H23N5O5S. The van der Waals surface area contributed by atoms with Crippen LogP contribution >= 0.6 is 11.8 Å². The molecule has 1 N–H and O–H groups in total. The van der Waals surface area contributed by atoms with Crippen LogP contribution < -0.4 is 16.6 Å². The van der Waals surface area contributed by atoms with Gasteiger partial charge in [-0.3, -0.25) is 23.5 Å². The van der Waals surface area contributed by atoms with E-state index < -0.39 is 17.2 Å². The minimum absolute atomic E-state index is 0.0146. The van der Waals surface area contributed by atoms with Gasteiger partial charge in [0.1, 0.15) is 6.54 Å². The van der Waals surface area contributed by atoms with E-state index >= 15 is 0 Å². The summed E-state index contributed by atoms with van der Waals surface area (Å²) in [4.78, 5) is 52.3. The molecule has 11 heteroatoms. The molecule has 0 atom stereocenters. The highest BCUT2D eigenvalue weighted by molar-refractivity contribution is 7.99. The summed E-state index contributed by atoms with van der Waals surface area (Å²) in [5, 5.41) is 2.94. The predicted octanol–water partition coefficient (Wildman–Crippen LogP) is -0.385. The van der Waals surface area contributed by atoms with E-state index in [1.807, 2.05) is 6.92 Å². The van der Waals surface area contributed by atoms with Gasteiger partial charge in [-0.15, -0.1) is 0 Å². The van der Waals surface area contributed by atoms with Crippen LogP contribution in [0, 0.1) is 0 Å². The van der Waals surface area contributed by atoms with Crippen molar-refractivity contribution in [2.75, 3.05) is 18.9 Å². The summed E-state index contributed by atoms with van der Waals surface area (Å²) in [5.74, 6) is -0.849. The Balaban J connectivity index is 2.27. The Morgan fingerprint density at radius 2 is 1.89 bits per heavy atom. The highest BCUT2D eigenvalue weighted by Gasteiger charge is 2.19. The number of nitrogens with zero attached hydrogens (tertiary/aromatic N) is 4. The van der Waals surface area contributed by atoms with Gasteiger partial charge in [0.05, 0.1) is 12.4 Å². The lowest BCUT2D eigenvalue weighted by Crippen LogP contribution is -2.37. The molecule has 0 spiro atoms. The fourth-order valence-electron chi connectivity index (χ4n) is 2.53. The molecule has 2 aromatic rings. The number of nitrogens with one attached hydrogen (secondary N) is 1. The Labute approximate surface area is 159 Å². The molecule has 0 fully saturated rings. The molecule has 148 valence electrons. The van der Waals surface area contributed by atoms with E-state index in [1.54, 1.807) is 18.5 Å². The van der Waals surface area contributed by atoms with Gasteiger partial charge in [-0.05, 0) is 13.3 Å². The van der Waals surface area contributed by atoms with Gasteiger partial charge in [0.15, 0.2) is 16.3 Å². The SMILES string of the molecule is CCCn1c(SCC(=O)NCC(=O)OCC)nc2c1c(=O)n(C)c(=O)n2C. The number of thioether (sulfide) groups is 1. The van der Waals surface area contributed by atoms with E-state index in [2.05, 4.69) is 10.3 Å². The average Bonchev–Trinajstić information content (AvgIpc) is 3.00. The summed E-state index contributed by atoms with van der Waals surface area (Å²) >= 11 is 1.14. The van der Waals surface area contributed by atoms with Crippen molar-refractivity contribution >= 4 is 34.8 Å². The molecule has 0 saturated heterocycles. The van der Waals surface area contributed by atoms with Crippen LogP contribution in [0.3, 0.4) is 0 Å². The zero-order valence-electron chi connectivity index (χ0n) is 15.8. The molecule has 10 nitrogen and oxygen atoms in total. The third-order valence-electron chi connectivity index (χ3n) is 3.83. The maximum Gasteiger partial charge on any atom is 0.332 e. The summed E-state index contributed by atoms with van der Waals surface area (Å²) in [6.45, 7) is 4.21. The topological polar surface area (TPSA) is 117 Å². The number of aromatic nitrogens is 4. The Kier molecular flexibility index (Phi) is 6.83. The van der Waals surface area contributed by atoms with Gasteiger partial charge in [0.25, 0.3) is 5.56 Å². The third kappa shape index (κ3) is 4.41. The molecule has 0 aliphatic heterocycles. The highest BCUT2D eigenvalue weighted by atomic mass is 32.2. The summed E-state index contributed by atoms with van der Waals surface area (Å²) in [7, 11) is 2.97. The average molecular weight is 397 g/mol. The fourth-order valence-corrected chi connectivity index (χ4v) is 3.38. The van der Waals surface area contributed by atoms with Crippen LogP contribution in [-0.2, 0) is 35.0 Å². The number of amides is 1. The number of imidazole rings is 1. The summed E-state index contributed by atoms with van der Waals surface area (Å²) in [6.07, 6.45) is 0.750. The molecule has 2 heterocycles. The number of aryl methyl sites for hydroxylation is 2. The maximum atomic E-state index is 12.5. The van der Waals surface area contributed by atoms with Crippen molar-refractivity contribution in [2.45, 2.75) is 32.0 Å². The normalized spacial score (nSPS) is 11.0. The number of hydrogen-bond donors (Lipinski definition) is 1. The van der Waals surface area contributed by atoms with Crippen LogP contribution in [-0.4, -0.2) is 49.5 Å². The Morgan fingerprint density at radius 3 is 2.52 bits per heavy atom. The molecule has 0 aliphatic rings. The smallest absolute Gasteiger partial charge is 0.332 e. The van der Waals surface area contributed by atoms with Gasteiger partial charge in [-0.25, -0.2) is 9.78 Å². The zero-order valence-corrected chi connectivity index (χ0v) is 16.6. The zero-order chi connectivity index (χ0) is 20.1. The second-order valence-electron chi connectivity index (χ2n) is 5.79. The summed E-state index contributed by atoms with van der Waals surface area (Å²) in [5.41, 5.74) is -0.271. The number of fused-ring (bicyclic) bond motifs is 1. The van der Waals surface area contributed by atoms with Crippen molar-refractivity contribution in [3.8, 4) is 0 Å². The first kappa shape index (κ1) is 20.7. The molecule has 27 heavy (non-hydrogen) atoms. The van der Waals surface area contributed by atoms with E-state index in [1.165, 1.54) is 11.6 Å². The van der Waals surface area contributed by atoms with Crippen molar-refractivity contribution in [1.82, 2.24) is 24.0 Å². The lowest BCUT2D eigenvalue weighted by Gasteiger charge is -2.08. The molecule has 2 rings (SSSR count). The van der Waals surface area contributed by atoms with Gasteiger partial charge in [0, 0.05) is 20.6 Å². The molecule has 2 aromatic heterocycles. The van der Waals surface area contributed by atoms with E-state index in [0.717, 1.165) is 22.7 Å². The molecule has 0 radical (unpaired) electrons. The van der Waals surface area contributed by atoms with Crippen molar-refractivity contribution in [1.29, 1.82) is 0 Å². The van der Waals surface area contributed by atoms with Crippen molar-refractivity contribution in [2.24, 2.45) is 14.1 Å². The molecule has 0 aromatic carbocycles. The number of ether oxygens (including phenoxy) is 1. The van der Waals surface area contributed by atoms with Crippen LogP contribution in [0.5, 0.6) is 0 Å². The largest absolute Gasteiger partial charge is 0.465 e. The first-order valence-electron chi connectivity index (χ1n) is 8.53. The first-order chi connectivity index (χ1) is 12.8. The van der Waals surface area contributed by atoms with Crippen molar-refractivity contribution in [3.63, 3.8) is 0 Å². The van der Waals surface area contributed by atoms with E-state index in [0.29, 0.717) is 17.2 Å². The summed E-state index contributed by atoms with van der Waals surface area (Å²) in [6, 6.07) is 0. The number of carbonyl (C=O) groups is 2. The Morgan fingerprint density at radius 1 is 1.19 bits per heavy atom. The number of esters is 1. The molecule has 0 saturated carbocycles. The number of rotatable bonds is 8. The third-order valence-corrected chi connectivity index (χ3v) is 4.80. The Hall–Kier alpha value is -2.56. The van der Waals surface area contributed by atoms with E-state index in [-0.39, 0.29) is 30.5 Å². The van der Waals surface area contributed by atoms with Crippen LogP contribution in [0.15, 0.2) is 14.7 Å². The van der Waals surface area contributed by atoms with E-state index in [9.17, 15) is 19.2 Å². The maximum absolute atomic E-state index is 12.5. The number of carbonyl (C=O) groups excluding carboxylic acids is 2. The molecule has 0 aliphatic carbocycles. The fraction of sp³-hybridized carbons (Fsp3) is 0.562. The van der Waals surface area contributed by atoms with Crippen molar-refractivity contribution < 1.29 is 14.3 Å². The first-order valence-corrected chi connectivity index (χ1v) is 9.51. The van der Waals surface area contributed by atoms with Crippen LogP contribution in [0.4, 0.5) is 0 Å². The lowest BCUT2D eigenvalue weighted by atomic mass is 10.4. The predicted molar refractivity (Wildman–Crippen MR) is 101 cm³/mol. The van der Waals surface area contributed by atoms with Crippen LogP contribution in [0.2, 0.25) is 0 Å². The van der Waals surface area contributed by atoms with Gasteiger partial charge in [-0.1, -0.05) is 18.7 Å². The quantitative estimate of drug-likeness (QED) is 0.476. The van der Waals surface area contributed by atoms with E-state index in [4.69, 9.17) is 4.74 Å². The monoisotopic (exact) mass is 397 g/mol. The van der Waals surface area contributed by atoms with Crippen molar-refractivity contribution in [3.05, 3.63) is 20.8 Å². The van der Waals surface area contributed by atoms with Crippen LogP contribution in [0.1, 0.15) is 20.3 Å². The lowest BCUT2D eigenvalue weighted by molar-refractivity contribution is -0.143. The van der Waals surface area contributed by atoms with Gasteiger partial charge in [0.2, 0.25) is 5.91 Å². The highest BCUT2D eigenvalue weighted by Crippen LogP contribution is 2.21. The Bertz CT molecular complexity index is 974. The molecule has 0 bridgehead atoms. The number of hydrogen-bond acceptors (Lipinski definition) is 7. The minimum atomic E-state index is -0.507. The van der Waals surface area contributed by atoms with Gasteiger partial charge < -0.3 is 14.6 Å². The molecule has 1 amide bonds. The van der Waals surface area contributed by atoms with Gasteiger partial charge in [-0.2, -0.15) is 0 Å². The van der Waals surface area contributed by atoms with Gasteiger partial charge >= 0.3 is 11.7 Å². The minimum Gasteiger partial charge on any atom is -0.465 e. The molecule has 0 unspecified atom stereocenters.